The summed E-state index contributed by atoms with van der Waals surface area (Å²) in [5, 5.41) is 6.60. The van der Waals surface area contributed by atoms with Crippen LogP contribution >= 0.6 is 0 Å². The van der Waals surface area contributed by atoms with Gasteiger partial charge in [-0.3, -0.25) is 14.8 Å². The second-order valence-corrected chi connectivity index (χ2v) is 6.87. The summed E-state index contributed by atoms with van der Waals surface area (Å²) in [4.78, 5) is 24.4. The molecule has 1 saturated heterocycles. The molecule has 0 amide bonds. The van der Waals surface area contributed by atoms with Crippen LogP contribution in [0.15, 0.2) is 24.8 Å². The van der Waals surface area contributed by atoms with Gasteiger partial charge in [0.25, 0.3) is 0 Å². The van der Waals surface area contributed by atoms with Gasteiger partial charge in [0, 0.05) is 44.6 Å². The monoisotopic (exact) mass is 383 g/mol. The summed E-state index contributed by atoms with van der Waals surface area (Å²) < 4.78 is 7.42. The van der Waals surface area contributed by atoms with E-state index in [1.807, 2.05) is 4.57 Å². The summed E-state index contributed by atoms with van der Waals surface area (Å²) in [6.45, 7) is 9.42. The van der Waals surface area contributed by atoms with E-state index < -0.39 is 0 Å². The lowest BCUT2D eigenvalue weighted by molar-refractivity contribution is 0.0398. The number of morpholine rings is 1. The first-order chi connectivity index (χ1) is 13.7. The Labute approximate surface area is 163 Å². The van der Waals surface area contributed by atoms with Crippen LogP contribution < -0.4 is 10.6 Å². The van der Waals surface area contributed by atoms with Crippen LogP contribution in [0.2, 0.25) is 0 Å². The van der Waals surface area contributed by atoms with Gasteiger partial charge in [-0.2, -0.15) is 0 Å². The average molecular weight is 383 g/mol. The third kappa shape index (κ3) is 4.02. The van der Waals surface area contributed by atoms with Crippen molar-refractivity contribution in [2.75, 3.05) is 50.0 Å². The molecule has 0 aromatic carbocycles. The third-order valence-electron chi connectivity index (χ3n) is 4.61. The Kier molecular flexibility index (Phi) is 5.58. The number of rotatable bonds is 7. The highest BCUT2D eigenvalue weighted by Gasteiger charge is 2.19. The molecule has 3 aromatic rings. The molecular weight excluding hydrogens is 358 g/mol. The predicted octanol–water partition coefficient (Wildman–Crippen LogP) is 1.68. The molecule has 1 aliphatic rings. The maximum absolute atomic E-state index is 5.40. The van der Waals surface area contributed by atoms with Crippen molar-refractivity contribution in [2.24, 2.45) is 0 Å². The Hall–Kier alpha value is -2.85. The topological polar surface area (TPSA) is 106 Å². The van der Waals surface area contributed by atoms with Crippen molar-refractivity contribution in [1.82, 2.24) is 34.4 Å². The van der Waals surface area contributed by atoms with Crippen LogP contribution in [0.3, 0.4) is 0 Å². The summed E-state index contributed by atoms with van der Waals surface area (Å²) in [6.07, 6.45) is 4.95. The van der Waals surface area contributed by atoms with Crippen LogP contribution in [0, 0.1) is 0 Å². The highest BCUT2D eigenvalue weighted by Crippen LogP contribution is 2.27. The van der Waals surface area contributed by atoms with Crippen molar-refractivity contribution >= 4 is 28.9 Å². The molecule has 0 unspecified atom stereocenters. The van der Waals surface area contributed by atoms with Crippen LogP contribution in [0.4, 0.5) is 17.7 Å². The fourth-order valence-corrected chi connectivity index (χ4v) is 3.24. The standard InChI is InChI=1S/C18H25N9O/c1-13(2)27-16-14(24-18(27)25-17-20-4-3-5-21-17)15(22-12-23-16)19-6-7-26-8-10-28-11-9-26/h3-5,12-13H,6-11H2,1-2H3,(H,19,22,23)(H,20,21,24,25). The number of fused-ring (bicyclic) bond motifs is 1. The Morgan fingerprint density at radius 3 is 2.64 bits per heavy atom. The van der Waals surface area contributed by atoms with E-state index in [9.17, 15) is 0 Å². The molecule has 3 aromatic heterocycles. The van der Waals surface area contributed by atoms with Gasteiger partial charge < -0.3 is 10.1 Å². The molecule has 0 atom stereocenters. The third-order valence-corrected chi connectivity index (χ3v) is 4.61. The minimum atomic E-state index is 0.160. The largest absolute Gasteiger partial charge is 0.379 e. The van der Waals surface area contributed by atoms with E-state index in [0.29, 0.717) is 11.9 Å². The van der Waals surface area contributed by atoms with Crippen molar-refractivity contribution < 1.29 is 4.74 Å². The van der Waals surface area contributed by atoms with Gasteiger partial charge in [-0.25, -0.2) is 24.9 Å². The molecule has 28 heavy (non-hydrogen) atoms. The van der Waals surface area contributed by atoms with Gasteiger partial charge in [0.05, 0.1) is 13.2 Å². The van der Waals surface area contributed by atoms with E-state index in [-0.39, 0.29) is 6.04 Å². The van der Waals surface area contributed by atoms with Crippen molar-refractivity contribution in [1.29, 1.82) is 0 Å². The van der Waals surface area contributed by atoms with Gasteiger partial charge in [0.1, 0.15) is 6.33 Å². The Morgan fingerprint density at radius 2 is 1.89 bits per heavy atom. The van der Waals surface area contributed by atoms with Gasteiger partial charge in [0.2, 0.25) is 11.9 Å². The minimum Gasteiger partial charge on any atom is -0.379 e. The Balaban J connectivity index is 1.57. The molecule has 10 nitrogen and oxygen atoms in total. The summed E-state index contributed by atoms with van der Waals surface area (Å²) in [6, 6.07) is 1.94. The molecule has 2 N–H and O–H groups in total. The first kappa shape index (κ1) is 18.5. The Morgan fingerprint density at radius 1 is 1.11 bits per heavy atom. The molecule has 4 heterocycles. The SMILES string of the molecule is CC(C)n1c(Nc2ncccn2)nc2c(NCCN3CCOCC3)ncnc21. The fourth-order valence-electron chi connectivity index (χ4n) is 3.24. The summed E-state index contributed by atoms with van der Waals surface area (Å²) in [5.41, 5.74) is 1.51. The molecule has 148 valence electrons. The first-order valence-corrected chi connectivity index (χ1v) is 9.53. The van der Waals surface area contributed by atoms with Crippen LogP contribution in [-0.4, -0.2) is 73.8 Å². The van der Waals surface area contributed by atoms with Crippen molar-refractivity contribution in [2.45, 2.75) is 19.9 Å². The zero-order valence-corrected chi connectivity index (χ0v) is 16.2. The smallest absolute Gasteiger partial charge is 0.229 e. The lowest BCUT2D eigenvalue weighted by Crippen LogP contribution is -2.39. The van der Waals surface area contributed by atoms with Crippen molar-refractivity contribution in [3.8, 4) is 0 Å². The van der Waals surface area contributed by atoms with Crippen LogP contribution in [0.25, 0.3) is 11.2 Å². The van der Waals surface area contributed by atoms with Crippen molar-refractivity contribution in [3.63, 3.8) is 0 Å². The zero-order chi connectivity index (χ0) is 19.3. The quantitative estimate of drug-likeness (QED) is 0.630. The van der Waals surface area contributed by atoms with E-state index in [1.165, 1.54) is 0 Å². The maximum atomic E-state index is 5.40. The van der Waals surface area contributed by atoms with Crippen LogP contribution in [-0.2, 0) is 4.74 Å². The molecule has 1 fully saturated rings. The number of nitrogens with zero attached hydrogens (tertiary/aromatic N) is 7. The molecule has 1 aliphatic heterocycles. The molecule has 4 rings (SSSR count). The van der Waals surface area contributed by atoms with Gasteiger partial charge in [-0.1, -0.05) is 0 Å². The number of imidazole rings is 1. The minimum absolute atomic E-state index is 0.160. The molecule has 0 radical (unpaired) electrons. The van der Waals surface area contributed by atoms with E-state index in [0.717, 1.165) is 56.4 Å². The summed E-state index contributed by atoms with van der Waals surface area (Å²) in [5.74, 6) is 1.87. The van der Waals surface area contributed by atoms with E-state index >= 15 is 0 Å². The zero-order valence-electron chi connectivity index (χ0n) is 16.2. The molecule has 0 spiro atoms. The average Bonchev–Trinajstić information content (AvgIpc) is 3.08. The van der Waals surface area contributed by atoms with E-state index in [2.05, 4.69) is 49.3 Å². The second kappa shape index (κ2) is 8.44. The summed E-state index contributed by atoms with van der Waals surface area (Å²) >= 11 is 0. The number of nitrogens with one attached hydrogen (secondary N) is 2. The van der Waals surface area contributed by atoms with Gasteiger partial charge >= 0.3 is 0 Å². The molecular formula is C18H25N9O. The predicted molar refractivity (Wildman–Crippen MR) is 107 cm³/mol. The maximum Gasteiger partial charge on any atom is 0.229 e. The number of aromatic nitrogens is 6. The Bertz CT molecular complexity index is 906. The van der Waals surface area contributed by atoms with Gasteiger partial charge in [-0.15, -0.1) is 0 Å². The fraction of sp³-hybridized carbons (Fsp3) is 0.500. The highest BCUT2D eigenvalue weighted by atomic mass is 16.5. The normalized spacial score (nSPS) is 15.2. The lowest BCUT2D eigenvalue weighted by Gasteiger charge is -2.26. The van der Waals surface area contributed by atoms with E-state index in [1.54, 1.807) is 24.8 Å². The number of anilines is 3. The molecule has 0 saturated carbocycles. The van der Waals surface area contributed by atoms with Crippen molar-refractivity contribution in [3.05, 3.63) is 24.8 Å². The first-order valence-electron chi connectivity index (χ1n) is 9.53. The molecule has 0 bridgehead atoms. The summed E-state index contributed by atoms with van der Waals surface area (Å²) in [7, 11) is 0. The number of hydrogen-bond acceptors (Lipinski definition) is 9. The van der Waals surface area contributed by atoms with Crippen LogP contribution in [0.1, 0.15) is 19.9 Å². The highest BCUT2D eigenvalue weighted by molar-refractivity contribution is 5.85. The second-order valence-electron chi connectivity index (χ2n) is 6.87. The van der Waals surface area contributed by atoms with Crippen LogP contribution in [0.5, 0.6) is 0 Å². The lowest BCUT2D eigenvalue weighted by atomic mass is 10.4. The van der Waals surface area contributed by atoms with Gasteiger partial charge in [0.15, 0.2) is 17.0 Å². The molecule has 0 aliphatic carbocycles. The van der Waals surface area contributed by atoms with Gasteiger partial charge in [-0.05, 0) is 19.9 Å². The number of hydrogen-bond donors (Lipinski definition) is 2. The molecule has 10 heteroatoms. The number of ether oxygens (including phenoxy) is 1. The van der Waals surface area contributed by atoms with E-state index in [4.69, 9.17) is 9.72 Å².